The highest BCUT2D eigenvalue weighted by Gasteiger charge is 2.15. The number of esters is 2. The first-order chi connectivity index (χ1) is 11.4. The molecule has 2 aromatic rings. The molecule has 24 heavy (non-hydrogen) atoms. The lowest BCUT2D eigenvalue weighted by atomic mass is 10.1. The summed E-state index contributed by atoms with van der Waals surface area (Å²) in [4.78, 5) is 35.3. The van der Waals surface area contributed by atoms with Gasteiger partial charge in [-0.3, -0.25) is 4.79 Å². The van der Waals surface area contributed by atoms with Crippen LogP contribution in [0.2, 0.25) is 10.0 Å². The number of hydrogen-bond acceptors (Lipinski definition) is 5. The van der Waals surface area contributed by atoms with Gasteiger partial charge in [-0.05, 0) is 42.5 Å². The van der Waals surface area contributed by atoms with Gasteiger partial charge < -0.3 is 9.47 Å². The van der Waals surface area contributed by atoms with E-state index < -0.39 is 24.3 Å². The number of rotatable bonds is 5. The molecule has 0 unspecified atom stereocenters. The molecule has 0 saturated carbocycles. The van der Waals surface area contributed by atoms with Gasteiger partial charge in [-0.15, -0.1) is 0 Å². The zero-order chi connectivity index (χ0) is 17.7. The van der Waals surface area contributed by atoms with E-state index in [9.17, 15) is 14.4 Å². The zero-order valence-corrected chi connectivity index (χ0v) is 14.1. The molecule has 0 fully saturated rings. The minimum absolute atomic E-state index is 0.186. The Labute approximate surface area is 148 Å². The highest BCUT2D eigenvalue weighted by Crippen LogP contribution is 2.21. The molecule has 0 amide bonds. The zero-order valence-electron chi connectivity index (χ0n) is 12.5. The molecule has 0 aliphatic carbocycles. The van der Waals surface area contributed by atoms with Gasteiger partial charge in [0.25, 0.3) is 0 Å². The molecule has 0 aromatic heterocycles. The lowest BCUT2D eigenvalue weighted by Crippen LogP contribution is -2.15. The van der Waals surface area contributed by atoms with Crippen LogP contribution in [-0.2, 0) is 9.47 Å². The molecule has 5 nitrogen and oxygen atoms in total. The largest absolute Gasteiger partial charge is 0.465 e. The number of halogens is 2. The molecule has 0 N–H and O–H groups in total. The molecular weight excluding hydrogens is 355 g/mol. The maximum absolute atomic E-state index is 12.0. The number of ether oxygens (including phenoxy) is 2. The van der Waals surface area contributed by atoms with Crippen molar-refractivity contribution < 1.29 is 23.9 Å². The van der Waals surface area contributed by atoms with E-state index in [0.717, 1.165) is 0 Å². The van der Waals surface area contributed by atoms with Crippen molar-refractivity contribution in [1.82, 2.24) is 0 Å². The third-order valence-corrected chi connectivity index (χ3v) is 3.66. The average molecular weight is 367 g/mol. The number of methoxy groups -OCH3 is 1. The first-order valence-corrected chi connectivity index (χ1v) is 7.51. The summed E-state index contributed by atoms with van der Waals surface area (Å²) in [5.74, 6) is -1.65. The third kappa shape index (κ3) is 4.34. The summed E-state index contributed by atoms with van der Waals surface area (Å²) in [6.45, 7) is -0.459. The fourth-order valence-electron chi connectivity index (χ4n) is 1.87. The van der Waals surface area contributed by atoms with E-state index in [-0.39, 0.29) is 16.1 Å². The van der Waals surface area contributed by atoms with Crippen LogP contribution in [0.4, 0.5) is 0 Å². The Morgan fingerprint density at radius 3 is 2.04 bits per heavy atom. The number of carbonyl (C=O) groups is 3. The summed E-state index contributed by atoms with van der Waals surface area (Å²) in [5, 5.41) is 0.588. The summed E-state index contributed by atoms with van der Waals surface area (Å²) < 4.78 is 9.52. The van der Waals surface area contributed by atoms with Crippen LogP contribution in [-0.4, -0.2) is 31.4 Å². The van der Waals surface area contributed by atoms with Gasteiger partial charge in [0, 0.05) is 10.6 Å². The third-order valence-electron chi connectivity index (χ3n) is 3.11. The van der Waals surface area contributed by atoms with Gasteiger partial charge in [0.15, 0.2) is 6.61 Å². The minimum atomic E-state index is -0.690. The van der Waals surface area contributed by atoms with E-state index in [4.69, 9.17) is 27.9 Å². The maximum Gasteiger partial charge on any atom is 0.338 e. The van der Waals surface area contributed by atoms with E-state index in [1.54, 1.807) is 0 Å². The monoisotopic (exact) mass is 366 g/mol. The number of carbonyl (C=O) groups excluding carboxylic acids is 3. The Kier molecular flexibility index (Phi) is 5.95. The van der Waals surface area contributed by atoms with Crippen LogP contribution in [0.5, 0.6) is 0 Å². The van der Waals surface area contributed by atoms with Crippen LogP contribution in [0.1, 0.15) is 31.1 Å². The van der Waals surface area contributed by atoms with Crippen molar-refractivity contribution in [3.63, 3.8) is 0 Å². The second kappa shape index (κ2) is 7.95. The van der Waals surface area contributed by atoms with Crippen molar-refractivity contribution in [3.05, 3.63) is 69.2 Å². The molecule has 0 aliphatic rings. The van der Waals surface area contributed by atoms with Crippen molar-refractivity contribution in [2.75, 3.05) is 13.7 Å². The molecule has 0 saturated heterocycles. The Balaban J connectivity index is 1.99. The molecule has 124 valence electrons. The van der Waals surface area contributed by atoms with Gasteiger partial charge in [-0.2, -0.15) is 0 Å². The van der Waals surface area contributed by atoms with Crippen LogP contribution in [0.25, 0.3) is 0 Å². The van der Waals surface area contributed by atoms with E-state index in [1.807, 2.05) is 0 Å². The summed E-state index contributed by atoms with van der Waals surface area (Å²) in [6.07, 6.45) is 0. The quantitative estimate of drug-likeness (QED) is 0.594. The molecule has 0 spiro atoms. The van der Waals surface area contributed by atoms with Gasteiger partial charge in [0.2, 0.25) is 5.78 Å². The van der Waals surface area contributed by atoms with E-state index in [0.29, 0.717) is 10.6 Å². The molecule has 2 aromatic carbocycles. The fraction of sp³-hybridized carbons (Fsp3) is 0.118. The van der Waals surface area contributed by atoms with Crippen LogP contribution in [0.3, 0.4) is 0 Å². The number of ketones is 1. The van der Waals surface area contributed by atoms with Gasteiger partial charge in [0.05, 0.1) is 23.3 Å². The van der Waals surface area contributed by atoms with Crippen molar-refractivity contribution in [3.8, 4) is 0 Å². The second-order valence-corrected chi connectivity index (χ2v) is 5.54. The number of hydrogen-bond donors (Lipinski definition) is 0. The Morgan fingerprint density at radius 2 is 1.50 bits per heavy atom. The molecule has 0 atom stereocenters. The molecule has 2 rings (SSSR count). The van der Waals surface area contributed by atoms with Crippen LogP contribution in [0, 0.1) is 0 Å². The summed E-state index contributed by atoms with van der Waals surface area (Å²) in [6, 6.07) is 10.1. The maximum atomic E-state index is 12.0. The summed E-state index contributed by atoms with van der Waals surface area (Å²) in [5.41, 5.74) is 0.727. The fourth-order valence-corrected chi connectivity index (χ4v) is 2.38. The number of Topliss-reactive ketones (excluding diaryl/α,β-unsaturated/α-hetero) is 1. The SMILES string of the molecule is COC(=O)c1ccc(C(=O)OCC(=O)c2ccc(Cl)cc2Cl)cc1. The van der Waals surface area contributed by atoms with Crippen molar-refractivity contribution in [2.24, 2.45) is 0 Å². The van der Waals surface area contributed by atoms with Gasteiger partial charge in [-0.25, -0.2) is 9.59 Å². The van der Waals surface area contributed by atoms with Crippen LogP contribution >= 0.6 is 23.2 Å². The van der Waals surface area contributed by atoms with Gasteiger partial charge in [-0.1, -0.05) is 23.2 Å². The molecule has 0 radical (unpaired) electrons. The lowest BCUT2D eigenvalue weighted by molar-refractivity contribution is 0.0474. The van der Waals surface area contributed by atoms with Crippen molar-refractivity contribution in [2.45, 2.75) is 0 Å². The van der Waals surface area contributed by atoms with Crippen molar-refractivity contribution >= 4 is 40.9 Å². The lowest BCUT2D eigenvalue weighted by Gasteiger charge is -2.06. The molecule has 0 aliphatic heterocycles. The predicted molar refractivity (Wildman–Crippen MR) is 88.9 cm³/mol. The summed E-state index contributed by atoms with van der Waals surface area (Å²) in [7, 11) is 1.26. The average Bonchev–Trinajstić information content (AvgIpc) is 2.58. The van der Waals surface area contributed by atoms with Crippen molar-refractivity contribution in [1.29, 1.82) is 0 Å². The van der Waals surface area contributed by atoms with E-state index >= 15 is 0 Å². The highest BCUT2D eigenvalue weighted by molar-refractivity contribution is 6.36. The molecular formula is C17H12Cl2O5. The molecule has 0 bridgehead atoms. The Morgan fingerprint density at radius 1 is 0.917 bits per heavy atom. The predicted octanol–water partition coefficient (Wildman–Crippen LogP) is 3.82. The van der Waals surface area contributed by atoms with Crippen LogP contribution in [0.15, 0.2) is 42.5 Å². The standard InChI is InChI=1S/C17H12Cl2O5/c1-23-16(21)10-2-4-11(5-3-10)17(22)24-9-15(20)13-7-6-12(18)8-14(13)19/h2-8H,9H2,1H3. The first kappa shape index (κ1) is 18.0. The Bertz CT molecular complexity index is 784. The Hall–Kier alpha value is -2.37. The smallest absolute Gasteiger partial charge is 0.338 e. The molecule has 7 heteroatoms. The normalized spacial score (nSPS) is 10.1. The van der Waals surface area contributed by atoms with E-state index in [1.165, 1.54) is 49.6 Å². The van der Waals surface area contributed by atoms with Crippen LogP contribution < -0.4 is 0 Å². The van der Waals surface area contributed by atoms with Gasteiger partial charge in [0.1, 0.15) is 0 Å². The summed E-state index contributed by atoms with van der Waals surface area (Å²) >= 11 is 11.7. The van der Waals surface area contributed by atoms with Gasteiger partial charge >= 0.3 is 11.9 Å². The minimum Gasteiger partial charge on any atom is -0.465 e. The molecule has 0 heterocycles. The highest BCUT2D eigenvalue weighted by atomic mass is 35.5. The first-order valence-electron chi connectivity index (χ1n) is 6.76. The number of benzene rings is 2. The second-order valence-electron chi connectivity index (χ2n) is 4.69. The van der Waals surface area contributed by atoms with E-state index in [2.05, 4.69) is 4.74 Å². The topological polar surface area (TPSA) is 69.7 Å².